The molecule has 1 heterocycles. The molecule has 1 aromatic rings. The van der Waals surface area contributed by atoms with E-state index in [1.807, 2.05) is 38.9 Å². The third kappa shape index (κ3) is 4.52. The summed E-state index contributed by atoms with van der Waals surface area (Å²) in [5.74, 6) is 0.915. The molecular formula is C14H24N4O. The molecule has 106 valence electrons. The topological polar surface area (TPSA) is 57.3 Å². The predicted octanol–water partition coefficient (Wildman–Crippen LogP) is 1.07. The molecular weight excluding hydrogens is 240 g/mol. The van der Waals surface area contributed by atoms with Gasteiger partial charge in [-0.1, -0.05) is 0 Å². The number of carbonyl (C=O) groups excluding carboxylic acids is 1. The van der Waals surface area contributed by atoms with Gasteiger partial charge in [0.15, 0.2) is 0 Å². The molecule has 0 aliphatic rings. The Hall–Kier alpha value is -1.62. The van der Waals surface area contributed by atoms with Crippen LogP contribution in [0.5, 0.6) is 0 Å². The number of nitrogens with zero attached hydrogens (tertiary/aromatic N) is 2. The Kier molecular flexibility index (Phi) is 6.29. The third-order valence-corrected chi connectivity index (χ3v) is 2.88. The second-order valence-electron chi connectivity index (χ2n) is 4.48. The zero-order chi connectivity index (χ0) is 14.3. The van der Waals surface area contributed by atoms with Gasteiger partial charge in [0.1, 0.15) is 5.82 Å². The normalized spacial score (nSPS) is 10.3. The lowest BCUT2D eigenvalue weighted by molar-refractivity contribution is -0.119. The number of hydrogen-bond donors (Lipinski definition) is 2. The number of pyridine rings is 1. The fourth-order valence-electron chi connectivity index (χ4n) is 2.02. The van der Waals surface area contributed by atoms with Crippen molar-refractivity contribution in [3.63, 3.8) is 0 Å². The van der Waals surface area contributed by atoms with Crippen LogP contribution < -0.4 is 15.5 Å². The maximum atomic E-state index is 11.7. The molecule has 0 saturated carbocycles. The van der Waals surface area contributed by atoms with Gasteiger partial charge in [-0.05, 0) is 45.0 Å². The summed E-state index contributed by atoms with van der Waals surface area (Å²) in [6, 6.07) is 2.11. The highest BCUT2D eigenvalue weighted by Crippen LogP contribution is 2.17. The van der Waals surface area contributed by atoms with Crippen LogP contribution in [0.25, 0.3) is 0 Å². The summed E-state index contributed by atoms with van der Waals surface area (Å²) in [4.78, 5) is 18.2. The molecule has 2 N–H and O–H groups in total. The number of anilines is 1. The summed E-state index contributed by atoms with van der Waals surface area (Å²) in [5.41, 5.74) is 2.25. The van der Waals surface area contributed by atoms with Gasteiger partial charge in [-0.2, -0.15) is 0 Å². The van der Waals surface area contributed by atoms with Crippen LogP contribution in [0.1, 0.15) is 25.0 Å². The van der Waals surface area contributed by atoms with Crippen LogP contribution >= 0.6 is 0 Å². The first kappa shape index (κ1) is 15.4. The van der Waals surface area contributed by atoms with E-state index in [0.717, 1.165) is 30.0 Å². The van der Waals surface area contributed by atoms with Gasteiger partial charge in [-0.15, -0.1) is 0 Å². The number of aryl methyl sites for hydroxylation is 1. The van der Waals surface area contributed by atoms with Gasteiger partial charge in [0.2, 0.25) is 5.91 Å². The van der Waals surface area contributed by atoms with Crippen LogP contribution in [0.3, 0.4) is 0 Å². The molecule has 0 atom stereocenters. The lowest BCUT2D eigenvalue weighted by Crippen LogP contribution is -2.37. The fraction of sp³-hybridized carbons (Fsp3) is 0.571. The zero-order valence-corrected chi connectivity index (χ0v) is 12.3. The van der Waals surface area contributed by atoms with Crippen molar-refractivity contribution in [2.45, 2.75) is 27.3 Å². The van der Waals surface area contributed by atoms with E-state index in [2.05, 4.69) is 21.7 Å². The lowest BCUT2D eigenvalue weighted by Gasteiger charge is -2.23. The number of nitrogens with one attached hydrogen (secondary N) is 2. The SMILES string of the molecule is CCNC(=O)CN(CC)c1ncc(CNC)cc1C. The molecule has 1 rings (SSSR count). The second-order valence-corrected chi connectivity index (χ2v) is 4.48. The highest BCUT2D eigenvalue weighted by atomic mass is 16.2. The minimum atomic E-state index is 0.0323. The first-order chi connectivity index (χ1) is 9.12. The number of carbonyl (C=O) groups is 1. The molecule has 5 heteroatoms. The van der Waals surface area contributed by atoms with Crippen LogP contribution in [0, 0.1) is 6.92 Å². The minimum absolute atomic E-state index is 0.0323. The molecule has 19 heavy (non-hydrogen) atoms. The van der Waals surface area contributed by atoms with Crippen molar-refractivity contribution in [1.29, 1.82) is 0 Å². The van der Waals surface area contributed by atoms with Crippen LogP contribution in [-0.4, -0.2) is 37.6 Å². The average molecular weight is 264 g/mol. The van der Waals surface area contributed by atoms with E-state index < -0.39 is 0 Å². The smallest absolute Gasteiger partial charge is 0.239 e. The van der Waals surface area contributed by atoms with Crippen molar-refractivity contribution in [3.8, 4) is 0 Å². The number of likely N-dealkylation sites (N-methyl/N-ethyl adjacent to an activating group) is 2. The molecule has 1 amide bonds. The second kappa shape index (κ2) is 7.74. The summed E-state index contributed by atoms with van der Waals surface area (Å²) in [7, 11) is 1.91. The maximum Gasteiger partial charge on any atom is 0.239 e. The molecule has 0 bridgehead atoms. The van der Waals surface area contributed by atoms with Crippen molar-refractivity contribution < 1.29 is 4.79 Å². The van der Waals surface area contributed by atoms with Crippen molar-refractivity contribution in [2.75, 3.05) is 31.6 Å². The van der Waals surface area contributed by atoms with E-state index in [1.165, 1.54) is 0 Å². The Morgan fingerprint density at radius 1 is 1.42 bits per heavy atom. The highest BCUT2D eigenvalue weighted by Gasteiger charge is 2.13. The summed E-state index contributed by atoms with van der Waals surface area (Å²) < 4.78 is 0. The molecule has 0 saturated heterocycles. The quantitative estimate of drug-likeness (QED) is 0.773. The Balaban J connectivity index is 2.83. The van der Waals surface area contributed by atoms with E-state index >= 15 is 0 Å². The van der Waals surface area contributed by atoms with Crippen LogP contribution in [0.2, 0.25) is 0 Å². The molecule has 0 fully saturated rings. The first-order valence-electron chi connectivity index (χ1n) is 6.74. The van der Waals surface area contributed by atoms with E-state index in [1.54, 1.807) is 0 Å². The zero-order valence-electron chi connectivity index (χ0n) is 12.3. The molecule has 0 aromatic carbocycles. The molecule has 0 spiro atoms. The Morgan fingerprint density at radius 2 is 2.16 bits per heavy atom. The molecule has 5 nitrogen and oxygen atoms in total. The van der Waals surface area contributed by atoms with Crippen LogP contribution in [-0.2, 0) is 11.3 Å². The first-order valence-corrected chi connectivity index (χ1v) is 6.74. The van der Waals surface area contributed by atoms with Gasteiger partial charge in [-0.3, -0.25) is 4.79 Å². The van der Waals surface area contributed by atoms with Gasteiger partial charge < -0.3 is 15.5 Å². The number of rotatable bonds is 7. The molecule has 0 unspecified atom stereocenters. The summed E-state index contributed by atoms with van der Waals surface area (Å²) in [6.07, 6.45) is 1.86. The molecule has 0 aliphatic heterocycles. The predicted molar refractivity (Wildman–Crippen MR) is 78.3 cm³/mol. The molecule has 1 aromatic heterocycles. The Morgan fingerprint density at radius 3 is 2.68 bits per heavy atom. The summed E-state index contributed by atoms with van der Waals surface area (Å²) >= 11 is 0. The van der Waals surface area contributed by atoms with Gasteiger partial charge in [0, 0.05) is 25.8 Å². The molecule has 0 radical (unpaired) electrons. The maximum absolute atomic E-state index is 11.7. The number of amides is 1. The van der Waals surface area contributed by atoms with E-state index in [-0.39, 0.29) is 5.91 Å². The van der Waals surface area contributed by atoms with Crippen LogP contribution in [0.15, 0.2) is 12.3 Å². The third-order valence-electron chi connectivity index (χ3n) is 2.88. The van der Waals surface area contributed by atoms with Gasteiger partial charge in [0.05, 0.1) is 6.54 Å². The minimum Gasteiger partial charge on any atom is -0.355 e. The standard InChI is InChI=1S/C14H24N4O/c1-5-16-13(19)10-18(6-2)14-11(3)7-12(8-15-4)9-17-14/h7,9,15H,5-6,8,10H2,1-4H3,(H,16,19). The van der Waals surface area contributed by atoms with E-state index in [4.69, 9.17) is 0 Å². The van der Waals surface area contributed by atoms with Gasteiger partial charge in [0.25, 0.3) is 0 Å². The van der Waals surface area contributed by atoms with Crippen molar-refractivity contribution >= 4 is 11.7 Å². The molecule has 0 aliphatic carbocycles. The largest absolute Gasteiger partial charge is 0.355 e. The Labute approximate surface area is 115 Å². The Bertz CT molecular complexity index is 420. The fourth-order valence-corrected chi connectivity index (χ4v) is 2.02. The van der Waals surface area contributed by atoms with Gasteiger partial charge >= 0.3 is 0 Å². The summed E-state index contributed by atoms with van der Waals surface area (Å²) in [6.45, 7) is 8.55. The van der Waals surface area contributed by atoms with Crippen molar-refractivity contribution in [3.05, 3.63) is 23.4 Å². The number of aromatic nitrogens is 1. The van der Waals surface area contributed by atoms with Crippen molar-refractivity contribution in [2.24, 2.45) is 0 Å². The van der Waals surface area contributed by atoms with E-state index in [9.17, 15) is 4.79 Å². The number of hydrogen-bond acceptors (Lipinski definition) is 4. The summed E-state index contributed by atoms with van der Waals surface area (Å²) in [5, 5.41) is 5.92. The lowest BCUT2D eigenvalue weighted by atomic mass is 10.2. The van der Waals surface area contributed by atoms with Gasteiger partial charge in [-0.25, -0.2) is 4.98 Å². The van der Waals surface area contributed by atoms with E-state index in [0.29, 0.717) is 13.1 Å². The van der Waals surface area contributed by atoms with Crippen molar-refractivity contribution in [1.82, 2.24) is 15.6 Å². The monoisotopic (exact) mass is 264 g/mol. The average Bonchev–Trinajstić information content (AvgIpc) is 2.37. The van der Waals surface area contributed by atoms with Crippen LogP contribution in [0.4, 0.5) is 5.82 Å². The highest BCUT2D eigenvalue weighted by molar-refractivity contribution is 5.81.